The Morgan fingerprint density at radius 1 is 0.541 bits per heavy atom. The number of ether oxygens (including phenoxy) is 2. The average Bonchev–Trinajstić information content (AvgIpc) is 2.77. The van der Waals surface area contributed by atoms with E-state index in [0.29, 0.717) is 39.3 Å². The number of likely N-dealkylation sites (N-methyl/N-ethyl adjacent to an activating group) is 2. The minimum absolute atomic E-state index is 0.434. The molecule has 0 aliphatic rings. The van der Waals surface area contributed by atoms with Gasteiger partial charge in [0.2, 0.25) is 0 Å². The molecule has 0 saturated heterocycles. The fraction of sp³-hybridized carbons (Fsp3) is 0.917. The second-order valence-corrected chi connectivity index (χ2v) is 9.89. The van der Waals surface area contributed by atoms with Crippen molar-refractivity contribution in [3.63, 3.8) is 0 Å². The lowest BCUT2D eigenvalue weighted by Gasteiger charge is -2.20. The van der Waals surface area contributed by atoms with Gasteiger partial charge in [-0.3, -0.25) is 0 Å². The highest BCUT2D eigenvalue weighted by atomic mass is 16.6. The van der Waals surface area contributed by atoms with Gasteiger partial charge in [0.05, 0.1) is 0 Å². The number of rotatable bonds is 16. The third-order valence-corrected chi connectivity index (χ3v) is 3.69. The van der Waals surface area contributed by atoms with Gasteiger partial charge in [-0.25, -0.2) is 9.59 Å². The number of hydrogen-bond acceptors (Lipinski definition) is 11. The van der Waals surface area contributed by atoms with Crippen LogP contribution in [0.5, 0.6) is 0 Å². The third-order valence-electron chi connectivity index (χ3n) is 3.69. The fourth-order valence-electron chi connectivity index (χ4n) is 2.14. The van der Waals surface area contributed by atoms with Crippen molar-refractivity contribution in [2.24, 2.45) is 11.5 Å². The first kappa shape index (κ1) is 39.8. The van der Waals surface area contributed by atoms with E-state index >= 15 is 0 Å². The van der Waals surface area contributed by atoms with Gasteiger partial charge in [0.1, 0.15) is 11.2 Å². The molecule has 0 fully saturated rings. The van der Waals surface area contributed by atoms with Gasteiger partial charge in [0, 0.05) is 78.5 Å². The summed E-state index contributed by atoms with van der Waals surface area (Å²) in [6, 6.07) is 0. The first-order chi connectivity index (χ1) is 17.3. The van der Waals surface area contributed by atoms with Gasteiger partial charge in [-0.2, -0.15) is 0 Å². The monoisotopic (exact) mass is 537 g/mol. The standard InChI is InChI=1S/C14H29N3O4.C6H17N3.C4H13N3/c1-13(2,3)20-11(18)16-9-7-15-8-10-17-12(19)21-14(4,5)6;1-7-3-5-9-6-4-8-2;5-1-3-7-4-2-6/h15H,7-10H2,1-6H3,(H,16,18)(H,17,19);7-9H,3-6H2,1-2H3;7H,1-6H2. The van der Waals surface area contributed by atoms with Crippen molar-refractivity contribution in [1.82, 2.24) is 37.2 Å². The molecule has 37 heavy (non-hydrogen) atoms. The number of nitrogens with two attached hydrogens (primary N) is 2. The molecular formula is C24H59N9O4. The summed E-state index contributed by atoms with van der Waals surface area (Å²) in [5, 5.41) is 20.8. The van der Waals surface area contributed by atoms with Crippen LogP contribution in [0.3, 0.4) is 0 Å². The van der Waals surface area contributed by atoms with E-state index in [0.717, 1.165) is 39.3 Å². The molecule has 0 aromatic heterocycles. The van der Waals surface area contributed by atoms with Crippen LogP contribution in [0.25, 0.3) is 0 Å². The Morgan fingerprint density at radius 3 is 1.11 bits per heavy atom. The molecule has 0 spiro atoms. The van der Waals surface area contributed by atoms with Crippen LogP contribution in [0.1, 0.15) is 41.5 Å². The largest absolute Gasteiger partial charge is 0.444 e. The minimum atomic E-state index is -0.491. The molecule has 0 bridgehead atoms. The second kappa shape index (κ2) is 27.3. The number of alkyl carbamates (subject to hydrolysis) is 2. The van der Waals surface area contributed by atoms with E-state index in [1.807, 2.05) is 55.6 Å². The molecule has 224 valence electrons. The van der Waals surface area contributed by atoms with Gasteiger partial charge in [-0.05, 0) is 55.6 Å². The zero-order valence-corrected chi connectivity index (χ0v) is 24.8. The molecule has 0 aliphatic carbocycles. The van der Waals surface area contributed by atoms with Gasteiger partial charge in [0.25, 0.3) is 0 Å². The lowest BCUT2D eigenvalue weighted by Crippen LogP contribution is -2.39. The van der Waals surface area contributed by atoms with Crippen molar-refractivity contribution in [2.75, 3.05) is 92.6 Å². The molecular weight excluding hydrogens is 478 g/mol. The third kappa shape index (κ3) is 44.6. The summed E-state index contributed by atoms with van der Waals surface area (Å²) >= 11 is 0. The van der Waals surface area contributed by atoms with Crippen LogP contribution in [-0.2, 0) is 9.47 Å². The van der Waals surface area contributed by atoms with Crippen molar-refractivity contribution in [1.29, 1.82) is 0 Å². The maximum absolute atomic E-state index is 11.3. The molecule has 0 rings (SSSR count). The number of carbonyl (C=O) groups is 2. The predicted octanol–water partition coefficient (Wildman–Crippen LogP) is -0.866. The van der Waals surface area contributed by atoms with E-state index in [9.17, 15) is 9.59 Å². The Hall–Kier alpha value is -1.74. The summed E-state index contributed by atoms with van der Waals surface area (Å²) in [6.45, 7) is 20.3. The van der Waals surface area contributed by atoms with Crippen molar-refractivity contribution in [3.05, 3.63) is 0 Å². The summed E-state index contributed by atoms with van der Waals surface area (Å²) in [5.41, 5.74) is 9.35. The molecule has 13 heteroatoms. The van der Waals surface area contributed by atoms with Crippen molar-refractivity contribution in [2.45, 2.75) is 52.7 Å². The summed E-state index contributed by atoms with van der Waals surface area (Å²) in [5.74, 6) is 0. The number of amides is 2. The van der Waals surface area contributed by atoms with Gasteiger partial charge in [-0.15, -0.1) is 0 Å². The Balaban J connectivity index is -0.000000590. The van der Waals surface area contributed by atoms with Crippen LogP contribution >= 0.6 is 0 Å². The highest BCUT2D eigenvalue weighted by Gasteiger charge is 2.16. The SMILES string of the molecule is CC(C)(C)OC(=O)NCCNCCNC(=O)OC(C)(C)C.CNCCNCCNC.NCCNCCN. The second-order valence-electron chi connectivity index (χ2n) is 9.89. The van der Waals surface area contributed by atoms with E-state index < -0.39 is 23.4 Å². The molecule has 0 saturated carbocycles. The van der Waals surface area contributed by atoms with Crippen LogP contribution in [0.4, 0.5) is 9.59 Å². The lowest BCUT2D eigenvalue weighted by molar-refractivity contribution is 0.0520. The van der Waals surface area contributed by atoms with Crippen LogP contribution in [0.2, 0.25) is 0 Å². The van der Waals surface area contributed by atoms with Crippen molar-refractivity contribution >= 4 is 12.2 Å². The molecule has 13 nitrogen and oxygen atoms in total. The normalized spacial score (nSPS) is 10.9. The van der Waals surface area contributed by atoms with E-state index in [1.165, 1.54) is 0 Å². The molecule has 0 aromatic rings. The zero-order valence-electron chi connectivity index (χ0n) is 24.8. The average molecular weight is 538 g/mol. The molecule has 11 N–H and O–H groups in total. The Morgan fingerprint density at radius 2 is 0.838 bits per heavy atom. The van der Waals surface area contributed by atoms with Gasteiger partial charge in [-0.1, -0.05) is 0 Å². The van der Waals surface area contributed by atoms with Gasteiger partial charge in [0.15, 0.2) is 0 Å². The van der Waals surface area contributed by atoms with E-state index in [4.69, 9.17) is 20.9 Å². The Labute approximate surface area is 225 Å². The summed E-state index contributed by atoms with van der Waals surface area (Å²) in [6.07, 6.45) is -0.868. The number of hydrogen-bond donors (Lipinski definition) is 9. The smallest absolute Gasteiger partial charge is 0.407 e. The van der Waals surface area contributed by atoms with Gasteiger partial charge < -0.3 is 58.2 Å². The fourth-order valence-corrected chi connectivity index (χ4v) is 2.14. The van der Waals surface area contributed by atoms with E-state index in [1.54, 1.807) is 0 Å². The Bertz CT molecular complexity index is 471. The molecule has 0 heterocycles. The predicted molar refractivity (Wildman–Crippen MR) is 153 cm³/mol. The zero-order chi connectivity index (χ0) is 29.0. The molecule has 2 amide bonds. The van der Waals surface area contributed by atoms with Crippen molar-refractivity contribution < 1.29 is 19.1 Å². The van der Waals surface area contributed by atoms with Crippen LogP contribution in [-0.4, -0.2) is 116 Å². The molecule has 0 radical (unpaired) electrons. The molecule has 0 unspecified atom stereocenters. The van der Waals surface area contributed by atoms with Crippen molar-refractivity contribution in [3.8, 4) is 0 Å². The van der Waals surface area contributed by atoms with Crippen LogP contribution in [0.15, 0.2) is 0 Å². The maximum atomic E-state index is 11.3. The Kier molecular flexibility index (Phi) is 29.3. The summed E-state index contributed by atoms with van der Waals surface area (Å²) in [7, 11) is 3.92. The first-order valence-corrected chi connectivity index (χ1v) is 13.1. The topological polar surface area (TPSA) is 189 Å². The maximum Gasteiger partial charge on any atom is 0.407 e. The van der Waals surface area contributed by atoms with Gasteiger partial charge >= 0.3 is 12.2 Å². The molecule has 0 aromatic carbocycles. The molecule has 0 aliphatic heterocycles. The van der Waals surface area contributed by atoms with E-state index in [-0.39, 0.29) is 0 Å². The number of carbonyl (C=O) groups excluding carboxylic acids is 2. The van der Waals surface area contributed by atoms with E-state index in [2.05, 4.69) is 37.2 Å². The highest BCUT2D eigenvalue weighted by Crippen LogP contribution is 2.06. The quantitative estimate of drug-likeness (QED) is 0.111. The first-order valence-electron chi connectivity index (χ1n) is 13.1. The molecule has 0 atom stereocenters. The minimum Gasteiger partial charge on any atom is -0.444 e. The summed E-state index contributed by atoms with van der Waals surface area (Å²) in [4.78, 5) is 22.7. The number of nitrogens with one attached hydrogen (secondary N) is 7. The van der Waals surface area contributed by atoms with Crippen LogP contribution in [0, 0.1) is 0 Å². The highest BCUT2D eigenvalue weighted by molar-refractivity contribution is 5.68. The van der Waals surface area contributed by atoms with Crippen LogP contribution < -0.4 is 48.7 Å². The summed E-state index contributed by atoms with van der Waals surface area (Å²) < 4.78 is 10.2. The lowest BCUT2D eigenvalue weighted by atomic mass is 10.2.